The molecule has 1 aliphatic rings. The third-order valence-electron chi connectivity index (χ3n) is 4.69. The van der Waals surface area contributed by atoms with Crippen molar-refractivity contribution in [2.24, 2.45) is 4.99 Å². The summed E-state index contributed by atoms with van der Waals surface area (Å²) in [6, 6.07) is 0.771. The first kappa shape index (κ1) is 22.6. The Hall–Kier alpha value is -0.410. The number of halogens is 1. The highest BCUT2D eigenvalue weighted by atomic mass is 127. The molecule has 1 saturated heterocycles. The highest BCUT2D eigenvalue weighted by molar-refractivity contribution is 14.0. The van der Waals surface area contributed by atoms with E-state index in [1.54, 1.807) is 11.3 Å². The third kappa shape index (κ3) is 8.21. The Morgan fingerprint density at radius 2 is 2.20 bits per heavy atom. The molecule has 1 fully saturated rings. The van der Waals surface area contributed by atoms with E-state index in [1.165, 1.54) is 50.1 Å². The van der Waals surface area contributed by atoms with Gasteiger partial charge in [0.2, 0.25) is 0 Å². The SMILES string of the molecule is CCc1cnc(CNC(=NC)NCCCCN2CCCCC2C)s1.I. The normalized spacial score (nSPS) is 18.7. The molecular formula is C18H34IN5S. The molecule has 0 amide bonds. The average molecular weight is 479 g/mol. The van der Waals surface area contributed by atoms with Crippen LogP contribution in [0.5, 0.6) is 0 Å². The zero-order valence-corrected chi connectivity index (χ0v) is 19.0. The van der Waals surface area contributed by atoms with E-state index in [0.29, 0.717) is 0 Å². The molecule has 1 aliphatic heterocycles. The van der Waals surface area contributed by atoms with Crippen LogP contribution in [-0.2, 0) is 13.0 Å². The molecule has 1 aromatic rings. The van der Waals surface area contributed by atoms with Gasteiger partial charge in [0.1, 0.15) is 5.01 Å². The number of hydrogen-bond acceptors (Lipinski definition) is 4. The second kappa shape index (κ2) is 12.9. The number of piperidine rings is 1. The molecule has 0 bridgehead atoms. The smallest absolute Gasteiger partial charge is 0.191 e. The van der Waals surface area contributed by atoms with Crippen molar-refractivity contribution in [2.45, 2.75) is 65.0 Å². The fourth-order valence-corrected chi connectivity index (χ4v) is 3.91. The molecule has 2 heterocycles. The number of likely N-dealkylation sites (tertiary alicyclic amines) is 1. The standard InChI is InChI=1S/C18H33N5S.HI/c1-4-16-13-21-17(24-16)14-22-18(19-3)20-10-6-8-12-23-11-7-5-9-15(23)2;/h13,15H,4-12,14H2,1-3H3,(H2,19,20,22);1H. The Kier molecular flexibility index (Phi) is 11.6. The van der Waals surface area contributed by atoms with Gasteiger partial charge in [0.05, 0.1) is 6.54 Å². The van der Waals surface area contributed by atoms with E-state index < -0.39 is 0 Å². The van der Waals surface area contributed by atoms with Crippen LogP contribution >= 0.6 is 35.3 Å². The van der Waals surface area contributed by atoms with Crippen LogP contribution in [0.1, 0.15) is 55.8 Å². The van der Waals surface area contributed by atoms with E-state index in [4.69, 9.17) is 0 Å². The summed E-state index contributed by atoms with van der Waals surface area (Å²) in [6.45, 7) is 8.76. The van der Waals surface area contributed by atoms with Crippen LogP contribution in [-0.4, -0.2) is 48.6 Å². The minimum Gasteiger partial charge on any atom is -0.356 e. The number of guanidine groups is 1. The van der Waals surface area contributed by atoms with Crippen molar-refractivity contribution in [3.05, 3.63) is 16.1 Å². The van der Waals surface area contributed by atoms with Crippen LogP contribution in [0.2, 0.25) is 0 Å². The Morgan fingerprint density at radius 1 is 1.36 bits per heavy atom. The summed E-state index contributed by atoms with van der Waals surface area (Å²) in [4.78, 5) is 12.7. The summed E-state index contributed by atoms with van der Waals surface area (Å²) >= 11 is 1.77. The Morgan fingerprint density at radius 3 is 2.88 bits per heavy atom. The fourth-order valence-electron chi connectivity index (χ4n) is 3.11. The predicted molar refractivity (Wildman–Crippen MR) is 119 cm³/mol. The lowest BCUT2D eigenvalue weighted by molar-refractivity contribution is 0.158. The van der Waals surface area contributed by atoms with Crippen LogP contribution < -0.4 is 10.6 Å². The number of rotatable bonds is 8. The van der Waals surface area contributed by atoms with Crippen molar-refractivity contribution in [3.63, 3.8) is 0 Å². The van der Waals surface area contributed by atoms with E-state index in [1.807, 2.05) is 13.2 Å². The first-order valence-corrected chi connectivity index (χ1v) is 10.2. The largest absolute Gasteiger partial charge is 0.356 e. The minimum absolute atomic E-state index is 0. The van der Waals surface area contributed by atoms with E-state index >= 15 is 0 Å². The van der Waals surface area contributed by atoms with Crippen molar-refractivity contribution in [3.8, 4) is 0 Å². The number of hydrogen-bond donors (Lipinski definition) is 2. The molecule has 144 valence electrons. The molecule has 0 aromatic carbocycles. The zero-order valence-electron chi connectivity index (χ0n) is 15.9. The fraction of sp³-hybridized carbons (Fsp3) is 0.778. The van der Waals surface area contributed by atoms with Crippen molar-refractivity contribution in [1.82, 2.24) is 20.5 Å². The van der Waals surface area contributed by atoms with Crippen LogP contribution in [0.4, 0.5) is 0 Å². The number of aliphatic imine (C=N–C) groups is 1. The third-order valence-corrected chi connectivity index (χ3v) is 5.83. The maximum Gasteiger partial charge on any atom is 0.191 e. The summed E-state index contributed by atoms with van der Waals surface area (Å²) in [5.74, 6) is 0.870. The van der Waals surface area contributed by atoms with Gasteiger partial charge >= 0.3 is 0 Å². The predicted octanol–water partition coefficient (Wildman–Crippen LogP) is 3.64. The minimum atomic E-state index is 0. The van der Waals surface area contributed by atoms with Gasteiger partial charge in [-0.15, -0.1) is 35.3 Å². The van der Waals surface area contributed by atoms with Crippen LogP contribution in [0.25, 0.3) is 0 Å². The molecule has 7 heteroatoms. The van der Waals surface area contributed by atoms with Crippen LogP contribution in [0, 0.1) is 0 Å². The number of aromatic nitrogens is 1. The number of nitrogens with one attached hydrogen (secondary N) is 2. The van der Waals surface area contributed by atoms with Gasteiger partial charge in [0, 0.05) is 30.7 Å². The Balaban J connectivity index is 0.00000312. The molecule has 25 heavy (non-hydrogen) atoms. The van der Waals surface area contributed by atoms with E-state index in [9.17, 15) is 0 Å². The highest BCUT2D eigenvalue weighted by Crippen LogP contribution is 2.16. The van der Waals surface area contributed by atoms with Gasteiger partial charge in [-0.3, -0.25) is 4.99 Å². The highest BCUT2D eigenvalue weighted by Gasteiger charge is 2.16. The Bertz CT molecular complexity index is 505. The van der Waals surface area contributed by atoms with Gasteiger partial charge in [-0.25, -0.2) is 4.98 Å². The molecule has 5 nitrogen and oxygen atoms in total. The maximum atomic E-state index is 4.43. The Labute approximate surface area is 174 Å². The molecule has 2 rings (SSSR count). The summed E-state index contributed by atoms with van der Waals surface area (Å²) in [7, 11) is 1.82. The van der Waals surface area contributed by atoms with Crippen LogP contribution in [0.15, 0.2) is 11.2 Å². The lowest BCUT2D eigenvalue weighted by atomic mass is 10.0. The van der Waals surface area contributed by atoms with Crippen LogP contribution in [0.3, 0.4) is 0 Å². The maximum absolute atomic E-state index is 4.43. The summed E-state index contributed by atoms with van der Waals surface area (Å²) < 4.78 is 0. The van der Waals surface area contributed by atoms with Crippen molar-refractivity contribution < 1.29 is 0 Å². The molecule has 1 atom stereocenters. The molecule has 0 saturated carbocycles. The summed E-state index contributed by atoms with van der Waals surface area (Å²) in [5.41, 5.74) is 0. The molecule has 0 aliphatic carbocycles. The molecule has 1 aromatic heterocycles. The van der Waals surface area contributed by atoms with Gasteiger partial charge in [0.25, 0.3) is 0 Å². The quantitative estimate of drug-likeness (QED) is 0.259. The summed E-state index contributed by atoms with van der Waals surface area (Å²) in [6.07, 6.45) is 9.60. The zero-order chi connectivity index (χ0) is 17.2. The van der Waals surface area contributed by atoms with Crippen molar-refractivity contribution >= 4 is 41.3 Å². The number of thiazole rings is 1. The second-order valence-electron chi connectivity index (χ2n) is 6.51. The number of nitrogens with zero attached hydrogens (tertiary/aromatic N) is 3. The topological polar surface area (TPSA) is 52.6 Å². The molecule has 0 spiro atoms. The van der Waals surface area contributed by atoms with Gasteiger partial charge in [-0.1, -0.05) is 13.3 Å². The first-order chi connectivity index (χ1) is 11.7. The van der Waals surface area contributed by atoms with Gasteiger partial charge < -0.3 is 15.5 Å². The van der Waals surface area contributed by atoms with Gasteiger partial charge in [-0.05, 0) is 52.1 Å². The molecule has 0 radical (unpaired) electrons. The molecular weight excluding hydrogens is 445 g/mol. The van der Waals surface area contributed by atoms with Crippen molar-refractivity contribution in [1.29, 1.82) is 0 Å². The van der Waals surface area contributed by atoms with Gasteiger partial charge in [0.15, 0.2) is 5.96 Å². The first-order valence-electron chi connectivity index (χ1n) is 9.35. The van der Waals surface area contributed by atoms with E-state index in [0.717, 1.165) is 36.5 Å². The monoisotopic (exact) mass is 479 g/mol. The average Bonchev–Trinajstić information content (AvgIpc) is 3.07. The number of unbranched alkanes of at least 4 members (excludes halogenated alkanes) is 1. The molecule has 1 unspecified atom stereocenters. The number of aryl methyl sites for hydroxylation is 1. The van der Waals surface area contributed by atoms with E-state index in [2.05, 4.69) is 39.4 Å². The lowest BCUT2D eigenvalue weighted by Crippen LogP contribution is -2.39. The van der Waals surface area contributed by atoms with E-state index in [-0.39, 0.29) is 24.0 Å². The molecule has 2 N–H and O–H groups in total. The lowest BCUT2D eigenvalue weighted by Gasteiger charge is -2.33. The second-order valence-corrected chi connectivity index (χ2v) is 7.71. The van der Waals surface area contributed by atoms with Gasteiger partial charge in [-0.2, -0.15) is 0 Å². The summed E-state index contributed by atoms with van der Waals surface area (Å²) in [5, 5.41) is 7.87. The van der Waals surface area contributed by atoms with Crippen molar-refractivity contribution in [2.75, 3.05) is 26.7 Å².